The molecule has 1 aromatic heterocycles. The molecule has 4 nitrogen and oxygen atoms in total. The number of para-hydroxylation sites is 3. The van der Waals surface area contributed by atoms with E-state index >= 15 is 0 Å². The Hall–Kier alpha value is -2.89. The van der Waals surface area contributed by atoms with Crippen LogP contribution < -0.4 is 5.46 Å². The Morgan fingerprint density at radius 2 is 1.47 bits per heavy atom. The first-order valence-electron chi connectivity index (χ1n) is 10.1. The number of aromatic nitrogens is 2. The Kier molecular flexibility index (Phi) is 5.26. The van der Waals surface area contributed by atoms with E-state index in [1.165, 1.54) is 0 Å². The smallest absolute Gasteiger partial charge is 0.330 e. The number of hydrogen-bond donors (Lipinski definition) is 1. The van der Waals surface area contributed by atoms with Crippen LogP contribution in [0.25, 0.3) is 28.1 Å². The fourth-order valence-electron chi connectivity index (χ4n) is 3.13. The van der Waals surface area contributed by atoms with Gasteiger partial charge in [0.05, 0.1) is 22.2 Å². The summed E-state index contributed by atoms with van der Waals surface area (Å²) in [6, 6.07) is 26.5. The van der Waals surface area contributed by atoms with Crippen molar-refractivity contribution in [3.05, 3.63) is 78.9 Å². The molecule has 1 heterocycles. The van der Waals surface area contributed by atoms with Crippen molar-refractivity contribution < 1.29 is 9.76 Å². The molecule has 0 atom stereocenters. The molecule has 0 aliphatic heterocycles. The highest BCUT2D eigenvalue weighted by Crippen LogP contribution is 2.28. The third-order valence-electron chi connectivity index (χ3n) is 5.71. The summed E-state index contributed by atoms with van der Waals surface area (Å²) in [5.41, 5.74) is 3.41. The van der Waals surface area contributed by atoms with E-state index < -0.39 is 11.2 Å². The second-order valence-corrected chi connectivity index (χ2v) is 8.52. The van der Waals surface area contributed by atoms with Crippen molar-refractivity contribution in [1.29, 1.82) is 0 Å². The van der Waals surface area contributed by atoms with Gasteiger partial charge in [-0.1, -0.05) is 60.1 Å². The summed E-state index contributed by atoms with van der Waals surface area (Å²) < 4.78 is 8.05. The summed E-state index contributed by atoms with van der Waals surface area (Å²) in [6.45, 7) is 7.25. The molecule has 30 heavy (non-hydrogen) atoms. The molecule has 0 aliphatic carbocycles. The van der Waals surface area contributed by atoms with Crippen LogP contribution in [0.15, 0.2) is 78.9 Å². The zero-order valence-corrected chi connectivity index (χ0v) is 17.8. The molecule has 0 spiro atoms. The van der Waals surface area contributed by atoms with Gasteiger partial charge in [-0.2, -0.15) is 0 Å². The number of aliphatic hydroxyl groups is 1. The first-order chi connectivity index (χ1) is 14.3. The van der Waals surface area contributed by atoms with Crippen molar-refractivity contribution in [2.75, 3.05) is 0 Å². The highest BCUT2D eigenvalue weighted by Gasteiger charge is 2.35. The number of rotatable bonds is 6. The Morgan fingerprint density at radius 3 is 2.13 bits per heavy atom. The highest BCUT2D eigenvalue weighted by molar-refractivity contribution is 6.47. The first-order valence-corrected chi connectivity index (χ1v) is 10.1. The third-order valence-corrected chi connectivity index (χ3v) is 5.71. The van der Waals surface area contributed by atoms with Crippen molar-refractivity contribution in [2.45, 2.75) is 38.9 Å². The van der Waals surface area contributed by atoms with Gasteiger partial charge < -0.3 is 9.76 Å². The summed E-state index contributed by atoms with van der Waals surface area (Å²) in [6.07, 6.45) is 0. The Balaban J connectivity index is 1.67. The normalized spacial score (nSPS) is 12.3. The minimum atomic E-state index is -0.954. The second-order valence-electron chi connectivity index (χ2n) is 8.52. The van der Waals surface area contributed by atoms with Crippen molar-refractivity contribution in [1.82, 2.24) is 9.55 Å². The van der Waals surface area contributed by atoms with Gasteiger partial charge in [0.1, 0.15) is 5.82 Å². The molecule has 5 heteroatoms. The Bertz CT molecular complexity index is 1140. The van der Waals surface area contributed by atoms with E-state index in [0.29, 0.717) is 0 Å². The van der Waals surface area contributed by atoms with Crippen LogP contribution in [0.3, 0.4) is 0 Å². The number of fused-ring (bicyclic) bond motifs is 1. The number of hydrogen-bond acceptors (Lipinski definition) is 3. The van der Waals surface area contributed by atoms with Crippen molar-refractivity contribution in [2.24, 2.45) is 0 Å². The number of imidazole rings is 1. The van der Waals surface area contributed by atoms with Gasteiger partial charge in [0.15, 0.2) is 0 Å². The van der Waals surface area contributed by atoms with Crippen LogP contribution in [-0.4, -0.2) is 33.3 Å². The lowest BCUT2D eigenvalue weighted by Crippen LogP contribution is -2.49. The molecule has 0 fully saturated rings. The maximum absolute atomic E-state index is 10.3. The van der Waals surface area contributed by atoms with E-state index in [1.807, 2.05) is 74.5 Å². The predicted molar refractivity (Wildman–Crippen MR) is 123 cm³/mol. The lowest BCUT2D eigenvalue weighted by Gasteiger charge is -2.37. The molecule has 0 amide bonds. The Labute approximate surface area is 178 Å². The van der Waals surface area contributed by atoms with Crippen LogP contribution in [0.2, 0.25) is 0 Å². The molecule has 3 aromatic carbocycles. The molecule has 1 radical (unpaired) electrons. The monoisotopic (exact) mass is 397 g/mol. The van der Waals surface area contributed by atoms with Gasteiger partial charge >= 0.3 is 7.48 Å². The van der Waals surface area contributed by atoms with Crippen molar-refractivity contribution in [3.63, 3.8) is 0 Å². The van der Waals surface area contributed by atoms with Crippen LogP contribution in [0, 0.1) is 0 Å². The number of nitrogens with zero attached hydrogens (tertiary/aromatic N) is 2. The highest BCUT2D eigenvalue weighted by atomic mass is 16.5. The standard InChI is InChI=1S/C25H26BN2O2/c1-24(2,29)25(3,4)30-26-19-16-14-18(15-17-19)23-27-21-12-8-9-13-22(21)28(23)20-10-6-5-7-11-20/h5-17,29H,1-4H3. The molecular weight excluding hydrogens is 371 g/mol. The molecule has 0 unspecified atom stereocenters. The number of benzene rings is 3. The molecular formula is C25H26BN2O2. The average Bonchev–Trinajstić information content (AvgIpc) is 3.12. The van der Waals surface area contributed by atoms with E-state index in [4.69, 9.17) is 9.64 Å². The molecule has 4 aromatic rings. The van der Waals surface area contributed by atoms with E-state index in [2.05, 4.69) is 22.8 Å². The van der Waals surface area contributed by atoms with E-state index in [1.54, 1.807) is 21.3 Å². The van der Waals surface area contributed by atoms with Crippen molar-refractivity contribution >= 4 is 24.0 Å². The molecule has 151 valence electrons. The van der Waals surface area contributed by atoms with Gasteiger partial charge in [0.2, 0.25) is 0 Å². The third kappa shape index (κ3) is 3.91. The molecule has 0 aliphatic rings. The quantitative estimate of drug-likeness (QED) is 0.488. The van der Waals surface area contributed by atoms with Crippen LogP contribution in [0.1, 0.15) is 27.7 Å². The maximum atomic E-state index is 10.3. The lowest BCUT2D eigenvalue weighted by molar-refractivity contribution is -0.0893. The molecule has 0 bridgehead atoms. The Morgan fingerprint density at radius 1 is 0.833 bits per heavy atom. The zero-order valence-electron chi connectivity index (χ0n) is 17.8. The summed E-state index contributed by atoms with van der Waals surface area (Å²) in [5, 5.41) is 10.3. The summed E-state index contributed by atoms with van der Waals surface area (Å²) in [7, 11) is 1.70. The van der Waals surface area contributed by atoms with E-state index in [9.17, 15) is 5.11 Å². The van der Waals surface area contributed by atoms with Gasteiger partial charge in [-0.15, -0.1) is 0 Å². The topological polar surface area (TPSA) is 47.3 Å². The fourth-order valence-corrected chi connectivity index (χ4v) is 3.13. The van der Waals surface area contributed by atoms with Crippen LogP contribution >= 0.6 is 0 Å². The molecule has 4 rings (SSSR count). The van der Waals surface area contributed by atoms with E-state index in [0.717, 1.165) is 33.6 Å². The molecule has 1 N–H and O–H groups in total. The first kappa shape index (κ1) is 20.4. The minimum Gasteiger partial charge on any atom is -0.427 e. The van der Waals surface area contributed by atoms with E-state index in [-0.39, 0.29) is 0 Å². The maximum Gasteiger partial charge on any atom is 0.330 e. The summed E-state index contributed by atoms with van der Waals surface area (Å²) in [4.78, 5) is 4.89. The fraction of sp³-hybridized carbons (Fsp3) is 0.240. The van der Waals surface area contributed by atoms with Gasteiger partial charge in [-0.05, 0) is 52.0 Å². The second kappa shape index (κ2) is 7.75. The van der Waals surface area contributed by atoms with Crippen LogP contribution in [0.5, 0.6) is 0 Å². The van der Waals surface area contributed by atoms with Crippen molar-refractivity contribution in [3.8, 4) is 17.1 Å². The van der Waals surface area contributed by atoms with Gasteiger partial charge in [0, 0.05) is 11.3 Å². The largest absolute Gasteiger partial charge is 0.427 e. The summed E-state index contributed by atoms with van der Waals surface area (Å²) >= 11 is 0. The SMILES string of the molecule is CC(C)(O)C(C)(C)O[B]c1ccc(-c2nc3ccccc3n2-c2ccccc2)cc1. The predicted octanol–water partition coefficient (Wildman–Crippen LogP) is 4.50. The van der Waals surface area contributed by atoms with Gasteiger partial charge in [-0.3, -0.25) is 4.57 Å². The lowest BCUT2D eigenvalue weighted by atomic mass is 9.82. The zero-order chi connectivity index (χ0) is 21.4. The van der Waals surface area contributed by atoms with Crippen LogP contribution in [0.4, 0.5) is 0 Å². The average molecular weight is 397 g/mol. The van der Waals surface area contributed by atoms with Gasteiger partial charge in [0.25, 0.3) is 0 Å². The van der Waals surface area contributed by atoms with Crippen LogP contribution in [-0.2, 0) is 4.65 Å². The minimum absolute atomic E-state index is 0.701. The molecule has 0 saturated carbocycles. The summed E-state index contributed by atoms with van der Waals surface area (Å²) in [5.74, 6) is 0.895. The molecule has 0 saturated heterocycles. The van der Waals surface area contributed by atoms with Gasteiger partial charge in [-0.25, -0.2) is 4.98 Å².